The first kappa shape index (κ1) is 14.9. The number of hydrogen-bond acceptors (Lipinski definition) is 3. The van der Waals surface area contributed by atoms with Crippen molar-refractivity contribution in [3.05, 3.63) is 40.6 Å². The van der Waals surface area contributed by atoms with Crippen molar-refractivity contribution in [1.29, 1.82) is 0 Å². The Kier molecular flexibility index (Phi) is 5.06. The second-order valence-corrected chi connectivity index (χ2v) is 5.60. The van der Waals surface area contributed by atoms with E-state index in [4.69, 9.17) is 4.74 Å². The molecule has 5 heteroatoms. The molecule has 0 bridgehead atoms. The molecule has 0 spiro atoms. The van der Waals surface area contributed by atoms with Gasteiger partial charge in [0.2, 0.25) is 0 Å². The van der Waals surface area contributed by atoms with Crippen LogP contribution in [0.15, 0.2) is 34.9 Å². The molecule has 0 aliphatic rings. The third-order valence-electron chi connectivity index (χ3n) is 3.34. The van der Waals surface area contributed by atoms with Crippen molar-refractivity contribution < 1.29 is 4.74 Å². The van der Waals surface area contributed by atoms with Gasteiger partial charge in [-0.15, -0.1) is 0 Å². The third kappa shape index (κ3) is 3.54. The van der Waals surface area contributed by atoms with Crippen molar-refractivity contribution in [2.75, 3.05) is 12.4 Å². The molecule has 108 valence electrons. The van der Waals surface area contributed by atoms with Gasteiger partial charge in [-0.3, -0.25) is 4.68 Å². The summed E-state index contributed by atoms with van der Waals surface area (Å²) in [6.07, 6.45) is 3.11. The van der Waals surface area contributed by atoms with Crippen LogP contribution in [0.3, 0.4) is 0 Å². The minimum Gasteiger partial charge on any atom is -0.497 e. The lowest BCUT2D eigenvalue weighted by Gasteiger charge is -2.10. The molecule has 0 radical (unpaired) electrons. The molecule has 4 nitrogen and oxygen atoms in total. The standard InChI is InChI=1S/C15H20BrN3O/c1-4-11(2)19-8-7-12(18-19)10-17-15-9-13(20-3)5-6-14(15)16/h5-9,11,17H,4,10H2,1-3H3. The number of ether oxygens (including phenoxy) is 1. The summed E-state index contributed by atoms with van der Waals surface area (Å²) in [5.74, 6) is 0.834. The number of aromatic nitrogens is 2. The number of benzene rings is 1. The number of rotatable bonds is 6. The van der Waals surface area contributed by atoms with Crippen LogP contribution in [0.2, 0.25) is 0 Å². The molecule has 1 heterocycles. The van der Waals surface area contributed by atoms with E-state index in [1.807, 2.05) is 35.1 Å². The van der Waals surface area contributed by atoms with Crippen LogP contribution in [0.25, 0.3) is 0 Å². The van der Waals surface area contributed by atoms with E-state index in [9.17, 15) is 0 Å². The lowest BCUT2D eigenvalue weighted by Crippen LogP contribution is -2.06. The molecule has 0 aliphatic carbocycles. The number of nitrogens with zero attached hydrogens (tertiary/aromatic N) is 2. The number of methoxy groups -OCH3 is 1. The van der Waals surface area contributed by atoms with E-state index < -0.39 is 0 Å². The molecule has 0 saturated heterocycles. The molecule has 1 aromatic carbocycles. The molecule has 0 fully saturated rings. The highest BCUT2D eigenvalue weighted by atomic mass is 79.9. The van der Waals surface area contributed by atoms with Crippen LogP contribution in [-0.2, 0) is 6.54 Å². The van der Waals surface area contributed by atoms with E-state index in [2.05, 4.69) is 40.2 Å². The summed E-state index contributed by atoms with van der Waals surface area (Å²) >= 11 is 3.53. The molecule has 2 rings (SSSR count). The summed E-state index contributed by atoms with van der Waals surface area (Å²) in [4.78, 5) is 0. The first-order valence-electron chi connectivity index (χ1n) is 6.75. The Bertz CT molecular complexity index is 568. The van der Waals surface area contributed by atoms with E-state index in [1.165, 1.54) is 0 Å². The molecule has 0 amide bonds. The quantitative estimate of drug-likeness (QED) is 0.856. The smallest absolute Gasteiger partial charge is 0.121 e. The zero-order chi connectivity index (χ0) is 14.5. The van der Waals surface area contributed by atoms with Crippen molar-refractivity contribution in [3.8, 4) is 5.75 Å². The van der Waals surface area contributed by atoms with Gasteiger partial charge in [-0.05, 0) is 47.5 Å². The first-order chi connectivity index (χ1) is 9.63. The lowest BCUT2D eigenvalue weighted by atomic mass is 10.3. The zero-order valence-corrected chi connectivity index (χ0v) is 13.6. The van der Waals surface area contributed by atoms with Gasteiger partial charge in [0.05, 0.1) is 25.0 Å². The van der Waals surface area contributed by atoms with Crippen molar-refractivity contribution in [2.24, 2.45) is 0 Å². The Labute approximate surface area is 128 Å². The second kappa shape index (κ2) is 6.79. The van der Waals surface area contributed by atoms with Crippen molar-refractivity contribution in [2.45, 2.75) is 32.9 Å². The average molecular weight is 338 g/mol. The zero-order valence-electron chi connectivity index (χ0n) is 12.1. The normalized spacial score (nSPS) is 12.2. The molecular formula is C15H20BrN3O. The Morgan fingerprint density at radius 1 is 1.40 bits per heavy atom. The largest absolute Gasteiger partial charge is 0.497 e. The van der Waals surface area contributed by atoms with Gasteiger partial charge in [-0.2, -0.15) is 5.10 Å². The van der Waals surface area contributed by atoms with Gasteiger partial charge in [0.1, 0.15) is 5.75 Å². The van der Waals surface area contributed by atoms with Crippen molar-refractivity contribution in [3.63, 3.8) is 0 Å². The fourth-order valence-corrected chi connectivity index (χ4v) is 2.24. The Balaban J connectivity index is 2.03. The molecule has 0 saturated carbocycles. The summed E-state index contributed by atoms with van der Waals surface area (Å²) in [5.41, 5.74) is 2.03. The molecule has 1 N–H and O–H groups in total. The summed E-state index contributed by atoms with van der Waals surface area (Å²) in [6.45, 7) is 5.02. The molecule has 1 atom stereocenters. The Hall–Kier alpha value is -1.49. The van der Waals surface area contributed by atoms with Gasteiger partial charge in [-0.25, -0.2) is 0 Å². The predicted octanol–water partition coefficient (Wildman–Crippen LogP) is 4.24. The van der Waals surface area contributed by atoms with Crippen LogP contribution in [0.4, 0.5) is 5.69 Å². The summed E-state index contributed by atoms with van der Waals surface area (Å²) in [7, 11) is 1.67. The lowest BCUT2D eigenvalue weighted by molar-refractivity contribution is 0.415. The van der Waals surface area contributed by atoms with Crippen LogP contribution in [0.5, 0.6) is 5.75 Å². The number of nitrogens with one attached hydrogen (secondary N) is 1. The fourth-order valence-electron chi connectivity index (χ4n) is 1.86. The Morgan fingerprint density at radius 2 is 2.20 bits per heavy atom. The van der Waals surface area contributed by atoms with E-state index in [1.54, 1.807) is 7.11 Å². The van der Waals surface area contributed by atoms with Crippen LogP contribution in [0.1, 0.15) is 32.0 Å². The van der Waals surface area contributed by atoms with Crippen LogP contribution >= 0.6 is 15.9 Å². The second-order valence-electron chi connectivity index (χ2n) is 4.74. The van der Waals surface area contributed by atoms with Gasteiger partial charge >= 0.3 is 0 Å². The van der Waals surface area contributed by atoms with E-state index in [0.717, 1.165) is 28.0 Å². The highest BCUT2D eigenvalue weighted by Gasteiger charge is 2.06. The monoisotopic (exact) mass is 337 g/mol. The molecule has 1 aromatic heterocycles. The van der Waals surface area contributed by atoms with Crippen LogP contribution in [0, 0.1) is 0 Å². The highest BCUT2D eigenvalue weighted by molar-refractivity contribution is 9.10. The maximum Gasteiger partial charge on any atom is 0.121 e. The van der Waals surface area contributed by atoms with E-state index in [0.29, 0.717) is 12.6 Å². The highest BCUT2D eigenvalue weighted by Crippen LogP contribution is 2.27. The topological polar surface area (TPSA) is 39.1 Å². The maximum absolute atomic E-state index is 5.23. The van der Waals surface area contributed by atoms with Crippen molar-refractivity contribution in [1.82, 2.24) is 9.78 Å². The summed E-state index contributed by atoms with van der Waals surface area (Å²) in [6, 6.07) is 8.35. The van der Waals surface area contributed by atoms with Crippen LogP contribution in [-0.4, -0.2) is 16.9 Å². The minimum atomic E-state index is 0.437. The molecule has 1 unspecified atom stereocenters. The van der Waals surface area contributed by atoms with Crippen molar-refractivity contribution >= 4 is 21.6 Å². The maximum atomic E-state index is 5.23. The van der Waals surface area contributed by atoms with Gasteiger partial charge in [0.15, 0.2) is 0 Å². The summed E-state index contributed by atoms with van der Waals surface area (Å²) in [5, 5.41) is 7.95. The minimum absolute atomic E-state index is 0.437. The Morgan fingerprint density at radius 3 is 2.90 bits per heavy atom. The molecule has 20 heavy (non-hydrogen) atoms. The number of anilines is 1. The molecule has 2 aromatic rings. The average Bonchev–Trinajstić information content (AvgIpc) is 2.94. The number of halogens is 1. The predicted molar refractivity (Wildman–Crippen MR) is 85.2 cm³/mol. The number of hydrogen-bond donors (Lipinski definition) is 1. The third-order valence-corrected chi connectivity index (χ3v) is 4.03. The fraction of sp³-hybridized carbons (Fsp3) is 0.400. The van der Waals surface area contributed by atoms with Gasteiger partial charge < -0.3 is 10.1 Å². The SMILES string of the molecule is CCC(C)n1ccc(CNc2cc(OC)ccc2Br)n1. The van der Waals surface area contributed by atoms with Gasteiger partial charge in [-0.1, -0.05) is 6.92 Å². The van der Waals surface area contributed by atoms with Gasteiger partial charge in [0.25, 0.3) is 0 Å². The first-order valence-corrected chi connectivity index (χ1v) is 7.54. The van der Waals surface area contributed by atoms with Gasteiger partial charge in [0, 0.05) is 22.8 Å². The van der Waals surface area contributed by atoms with E-state index >= 15 is 0 Å². The summed E-state index contributed by atoms with van der Waals surface area (Å²) < 4.78 is 8.26. The van der Waals surface area contributed by atoms with E-state index in [-0.39, 0.29) is 0 Å². The van der Waals surface area contributed by atoms with Crippen LogP contribution < -0.4 is 10.1 Å². The molecule has 0 aliphatic heterocycles. The molecular weight excluding hydrogens is 318 g/mol.